The summed E-state index contributed by atoms with van der Waals surface area (Å²) in [5.41, 5.74) is 0. The first kappa shape index (κ1) is 36.9. The van der Waals surface area contributed by atoms with Gasteiger partial charge in [-0.2, -0.15) is 13.9 Å². The van der Waals surface area contributed by atoms with Crippen molar-refractivity contribution in [3.05, 3.63) is 0 Å². The highest BCUT2D eigenvalue weighted by Gasteiger charge is 2.30. The van der Waals surface area contributed by atoms with Crippen molar-refractivity contribution in [2.75, 3.05) is 47.5 Å². The number of esters is 1. The Labute approximate surface area is 230 Å². The topological polar surface area (TPSA) is 129 Å². The molecule has 3 N–H and O–H groups in total. The molecule has 0 radical (unpaired) electrons. The van der Waals surface area contributed by atoms with E-state index in [4.69, 9.17) is 25.4 Å². The average molecular weight is 575 g/mol. The monoisotopic (exact) mass is 574 g/mol. The number of phosphoric acid groups is 1. The fourth-order valence-corrected chi connectivity index (χ4v) is 4.68. The summed E-state index contributed by atoms with van der Waals surface area (Å²) in [7, 11) is 1.48. The summed E-state index contributed by atoms with van der Waals surface area (Å²) >= 11 is 6.35. The molecular formula is C26H54ClNO8P+. The highest BCUT2D eigenvalue weighted by molar-refractivity contribution is 7.52. The van der Waals surface area contributed by atoms with Crippen LogP contribution in [0.5, 0.6) is 0 Å². The number of halogens is 1. The van der Waals surface area contributed by atoms with Crippen LogP contribution in [0.4, 0.5) is 0 Å². The maximum absolute atomic E-state index is 12.0. The third kappa shape index (κ3) is 23.5. The first-order chi connectivity index (χ1) is 17.4. The van der Waals surface area contributed by atoms with Crippen LogP contribution >= 0.6 is 19.8 Å². The van der Waals surface area contributed by atoms with Crippen LogP contribution in [0.2, 0.25) is 0 Å². The molecule has 0 aliphatic heterocycles. The largest absolute Gasteiger partial charge is 0.606 e. The number of aliphatic hydroxyl groups is 2. The van der Waals surface area contributed by atoms with Crippen LogP contribution in [0.25, 0.3) is 0 Å². The first-order valence-electron chi connectivity index (χ1n) is 13.9. The fraction of sp³-hybridized carbons (Fsp3) is 0.962. The molecule has 4 atom stereocenters. The van der Waals surface area contributed by atoms with Crippen LogP contribution in [0.15, 0.2) is 0 Å². The zero-order valence-electron chi connectivity index (χ0n) is 23.6. The number of carbonyl (C=O) groups is 1. The number of nitrogens with zero attached hydrogens (tertiary/aromatic N) is 1. The molecular weight excluding hydrogens is 521 g/mol. The highest BCUT2D eigenvalue weighted by Crippen LogP contribution is 2.47. The Balaban J connectivity index is 3.87. The molecule has 9 nitrogen and oxygen atoms in total. The Bertz CT molecular complexity index is 565. The summed E-state index contributed by atoms with van der Waals surface area (Å²) in [6.07, 6.45) is 11.8. The van der Waals surface area contributed by atoms with Gasteiger partial charge in [-0.1, -0.05) is 71.1 Å². The Morgan fingerprint density at radius 3 is 2.11 bits per heavy atom. The van der Waals surface area contributed by atoms with Gasteiger partial charge in [-0.25, -0.2) is 0 Å². The van der Waals surface area contributed by atoms with E-state index in [0.717, 1.165) is 51.4 Å². The van der Waals surface area contributed by atoms with Crippen molar-refractivity contribution in [2.45, 2.75) is 114 Å². The van der Waals surface area contributed by atoms with Gasteiger partial charge in [0.15, 0.2) is 6.10 Å². The predicted octanol–water partition coefficient (Wildman–Crippen LogP) is 4.11. The van der Waals surface area contributed by atoms with Crippen LogP contribution in [0, 0.1) is 0 Å². The third-order valence-electron chi connectivity index (χ3n) is 6.07. The number of aliphatic hydroxyl groups excluding tert-OH is 2. The van der Waals surface area contributed by atoms with Crippen molar-refractivity contribution < 1.29 is 43.1 Å². The SMILES string of the molecule is CCCCCCCCC(O)C(Cl)CCCCCCCC(=O)O[C@H](CO)CO[P+]([O-])(O)OCC[N+](C)(C)C. The second kappa shape index (κ2) is 21.7. The molecule has 0 bridgehead atoms. The predicted molar refractivity (Wildman–Crippen MR) is 147 cm³/mol. The van der Waals surface area contributed by atoms with Gasteiger partial charge in [-0.05, 0) is 19.3 Å². The summed E-state index contributed by atoms with van der Waals surface area (Å²) in [4.78, 5) is 33.7. The van der Waals surface area contributed by atoms with E-state index in [1.54, 1.807) is 0 Å². The van der Waals surface area contributed by atoms with Crippen molar-refractivity contribution in [1.82, 2.24) is 0 Å². The molecule has 11 heteroatoms. The molecule has 0 aromatic heterocycles. The highest BCUT2D eigenvalue weighted by atomic mass is 35.5. The van der Waals surface area contributed by atoms with E-state index in [9.17, 15) is 24.8 Å². The molecule has 0 rings (SSSR count). The molecule has 3 unspecified atom stereocenters. The normalized spacial score (nSPS) is 16.2. The molecule has 0 fully saturated rings. The van der Waals surface area contributed by atoms with Gasteiger partial charge >= 0.3 is 14.1 Å². The van der Waals surface area contributed by atoms with Gasteiger partial charge in [-0.15, -0.1) is 11.6 Å². The fourth-order valence-electron chi connectivity index (χ4n) is 3.66. The van der Waals surface area contributed by atoms with Gasteiger partial charge in [0.05, 0.1) is 39.2 Å². The minimum absolute atomic E-state index is 0.0339. The first-order valence-corrected chi connectivity index (χ1v) is 15.9. The molecule has 0 heterocycles. The van der Waals surface area contributed by atoms with E-state index in [0.29, 0.717) is 17.4 Å². The van der Waals surface area contributed by atoms with Crippen molar-refractivity contribution in [2.24, 2.45) is 0 Å². The standard InChI is InChI=1S/C26H53ClNO8P/c1-5-6-7-8-11-14-17-25(30)24(27)16-13-10-9-12-15-18-26(31)36-23(21-29)22-35-37(32,33)34-20-19-28(2,3)4/h23-25,29-30H,5-22H2,1-4H3/p+1/t23-,24?,25?/m1/s1. The minimum atomic E-state index is -4.29. The van der Waals surface area contributed by atoms with Gasteiger partial charge in [0.2, 0.25) is 0 Å². The zero-order valence-corrected chi connectivity index (χ0v) is 25.3. The maximum atomic E-state index is 12.0. The Morgan fingerprint density at radius 2 is 1.51 bits per heavy atom. The van der Waals surface area contributed by atoms with E-state index in [1.807, 2.05) is 21.1 Å². The molecule has 0 aromatic carbocycles. The number of unbranched alkanes of at least 4 members (excludes halogenated alkanes) is 9. The maximum Gasteiger partial charge on any atom is 0.377 e. The molecule has 0 saturated carbocycles. The molecule has 37 heavy (non-hydrogen) atoms. The van der Waals surface area contributed by atoms with Crippen molar-refractivity contribution in [3.8, 4) is 0 Å². The number of rotatable bonds is 25. The lowest BCUT2D eigenvalue weighted by Gasteiger charge is -2.26. The minimum Gasteiger partial charge on any atom is -0.606 e. The Morgan fingerprint density at radius 1 is 0.946 bits per heavy atom. The van der Waals surface area contributed by atoms with Crippen molar-refractivity contribution >= 4 is 25.7 Å². The number of hydrogen-bond acceptors (Lipinski definition) is 8. The average Bonchev–Trinajstić information content (AvgIpc) is 2.81. The summed E-state index contributed by atoms with van der Waals surface area (Å²) < 4.78 is 15.5. The molecule has 0 amide bonds. The lowest BCUT2D eigenvalue weighted by Crippen LogP contribution is -2.38. The number of alkyl halides is 1. The van der Waals surface area contributed by atoms with Gasteiger partial charge in [-0.3, -0.25) is 4.79 Å². The second-order valence-electron chi connectivity index (χ2n) is 10.9. The third-order valence-corrected chi connectivity index (χ3v) is 7.57. The van der Waals surface area contributed by atoms with Crippen LogP contribution in [-0.4, -0.2) is 90.7 Å². The smallest absolute Gasteiger partial charge is 0.377 e. The quantitative estimate of drug-likeness (QED) is 0.0488. The number of quaternary nitrogens is 1. The van der Waals surface area contributed by atoms with Crippen LogP contribution in [0.3, 0.4) is 0 Å². The van der Waals surface area contributed by atoms with E-state index >= 15 is 0 Å². The van der Waals surface area contributed by atoms with Crippen molar-refractivity contribution in [1.29, 1.82) is 0 Å². The van der Waals surface area contributed by atoms with Crippen LogP contribution < -0.4 is 4.89 Å². The second-order valence-corrected chi connectivity index (χ2v) is 12.9. The lowest BCUT2D eigenvalue weighted by atomic mass is 10.0. The van der Waals surface area contributed by atoms with Crippen LogP contribution in [-0.2, 0) is 18.6 Å². The molecule has 222 valence electrons. The lowest BCUT2D eigenvalue weighted by molar-refractivity contribution is -0.870. The number of hydrogen-bond donors (Lipinski definition) is 3. The van der Waals surface area contributed by atoms with Gasteiger partial charge in [0.1, 0.15) is 19.8 Å². The zero-order chi connectivity index (χ0) is 28.2. The summed E-state index contributed by atoms with van der Waals surface area (Å²) in [6.45, 7) is 1.80. The van der Waals surface area contributed by atoms with Crippen LogP contribution in [0.1, 0.15) is 96.8 Å². The number of carbonyl (C=O) groups excluding carboxylic acids is 1. The van der Waals surface area contributed by atoms with E-state index in [1.165, 1.54) is 25.7 Å². The summed E-state index contributed by atoms with van der Waals surface area (Å²) in [5, 5.41) is 19.4. The van der Waals surface area contributed by atoms with Gasteiger partial charge < -0.3 is 24.3 Å². The molecule has 0 aromatic rings. The van der Waals surface area contributed by atoms with E-state index in [-0.39, 0.29) is 18.4 Å². The Kier molecular flexibility index (Phi) is 21.6. The summed E-state index contributed by atoms with van der Waals surface area (Å²) in [5.74, 6) is -0.486. The molecule has 0 aliphatic carbocycles. The van der Waals surface area contributed by atoms with Gasteiger partial charge in [0.25, 0.3) is 0 Å². The number of phosphoric ester groups is 1. The van der Waals surface area contributed by atoms with Gasteiger partial charge in [0, 0.05) is 6.42 Å². The summed E-state index contributed by atoms with van der Waals surface area (Å²) in [6, 6.07) is 0. The number of ether oxygens (including phenoxy) is 1. The van der Waals surface area contributed by atoms with E-state index < -0.39 is 39.6 Å². The molecule has 0 aliphatic rings. The van der Waals surface area contributed by atoms with Crippen molar-refractivity contribution in [3.63, 3.8) is 0 Å². The Hall–Kier alpha value is -0.0900. The molecule has 0 saturated heterocycles. The molecule has 0 spiro atoms. The van der Waals surface area contributed by atoms with E-state index in [2.05, 4.69) is 6.92 Å². The number of likely N-dealkylation sites (N-methyl/N-ethyl adjacent to an activating group) is 1.